The highest BCUT2D eigenvalue weighted by Gasteiger charge is 2.18. The summed E-state index contributed by atoms with van der Waals surface area (Å²) in [6, 6.07) is 13.1. The van der Waals surface area contributed by atoms with Crippen molar-refractivity contribution in [3.8, 4) is 11.5 Å². The molecule has 2 aromatic carbocycles. The number of carbonyl (C=O) groups is 1. The lowest BCUT2D eigenvalue weighted by Crippen LogP contribution is -3.08. The molecule has 29 heavy (non-hydrogen) atoms. The average Bonchev–Trinajstić information content (AvgIpc) is 3.25. The number of nitrogens with one attached hydrogen (secondary N) is 2. The molecule has 0 saturated carbocycles. The van der Waals surface area contributed by atoms with Gasteiger partial charge in [-0.15, -0.1) is 0 Å². The second-order valence-electron chi connectivity index (χ2n) is 7.26. The Kier molecular flexibility index (Phi) is 7.25. The van der Waals surface area contributed by atoms with Crippen molar-refractivity contribution in [1.29, 1.82) is 0 Å². The zero-order valence-corrected chi connectivity index (χ0v) is 17.5. The normalized spacial score (nSPS) is 14.7. The zero-order chi connectivity index (χ0) is 20.6. The number of hydrogen-bond donors (Lipinski definition) is 2. The van der Waals surface area contributed by atoms with E-state index >= 15 is 0 Å². The fraction of sp³-hybridized carbons (Fsp3) is 0.391. The molecule has 6 heteroatoms. The van der Waals surface area contributed by atoms with E-state index in [2.05, 4.69) is 16.6 Å². The first-order chi connectivity index (χ1) is 14.1. The van der Waals surface area contributed by atoms with E-state index in [0.29, 0.717) is 12.2 Å². The van der Waals surface area contributed by atoms with Crippen LogP contribution in [0.4, 0.5) is 0 Å². The predicted molar refractivity (Wildman–Crippen MR) is 114 cm³/mol. The SMILES string of the molecule is CCOc1ccc(C(=O)N/N=C(/C)c2ccc(OC)c(C[NH+]3CCCC3)c2)cc1. The molecule has 3 rings (SSSR count). The second-order valence-corrected chi connectivity index (χ2v) is 7.26. The number of quaternary nitrogens is 1. The van der Waals surface area contributed by atoms with Crippen molar-refractivity contribution in [3.63, 3.8) is 0 Å². The maximum atomic E-state index is 12.4. The Bertz CT molecular complexity index is 856. The highest BCUT2D eigenvalue weighted by Crippen LogP contribution is 2.20. The monoisotopic (exact) mass is 396 g/mol. The van der Waals surface area contributed by atoms with Crippen molar-refractivity contribution >= 4 is 11.6 Å². The van der Waals surface area contributed by atoms with Crippen LogP contribution in [0.5, 0.6) is 11.5 Å². The molecule has 1 aliphatic heterocycles. The van der Waals surface area contributed by atoms with Crippen LogP contribution in [0, 0.1) is 0 Å². The Labute approximate surface area is 172 Å². The summed E-state index contributed by atoms with van der Waals surface area (Å²) in [7, 11) is 1.70. The molecule has 0 aromatic heterocycles. The number of hydrogen-bond acceptors (Lipinski definition) is 4. The standard InChI is InChI=1S/C23H29N3O3/c1-4-29-21-10-7-18(8-11-21)23(27)25-24-17(2)19-9-12-22(28-3)20(15-19)16-26-13-5-6-14-26/h7-12,15H,4-6,13-14,16H2,1-3H3,(H,25,27)/p+1/b24-17-. The Balaban J connectivity index is 1.68. The summed E-state index contributed by atoms with van der Waals surface area (Å²) in [5.41, 5.74) is 6.09. The molecule has 1 saturated heterocycles. The third-order valence-electron chi connectivity index (χ3n) is 5.20. The molecule has 0 radical (unpaired) electrons. The van der Waals surface area contributed by atoms with Crippen LogP contribution in [-0.2, 0) is 6.54 Å². The van der Waals surface area contributed by atoms with Crippen molar-refractivity contribution in [2.24, 2.45) is 5.10 Å². The van der Waals surface area contributed by atoms with Gasteiger partial charge in [-0.1, -0.05) is 0 Å². The van der Waals surface area contributed by atoms with Gasteiger partial charge < -0.3 is 14.4 Å². The van der Waals surface area contributed by atoms with Crippen molar-refractivity contribution in [1.82, 2.24) is 5.43 Å². The number of nitrogens with zero attached hydrogens (tertiary/aromatic N) is 1. The van der Waals surface area contributed by atoms with Crippen LogP contribution < -0.4 is 19.8 Å². The van der Waals surface area contributed by atoms with Crippen LogP contribution in [0.3, 0.4) is 0 Å². The van der Waals surface area contributed by atoms with Gasteiger partial charge in [0.15, 0.2) is 0 Å². The number of rotatable bonds is 8. The number of benzene rings is 2. The summed E-state index contributed by atoms with van der Waals surface area (Å²) in [6.07, 6.45) is 2.57. The average molecular weight is 397 g/mol. The van der Waals surface area contributed by atoms with Gasteiger partial charge in [0.05, 0.1) is 32.5 Å². The molecule has 6 nitrogen and oxygen atoms in total. The highest BCUT2D eigenvalue weighted by atomic mass is 16.5. The van der Waals surface area contributed by atoms with Gasteiger partial charge in [-0.2, -0.15) is 5.10 Å². The van der Waals surface area contributed by atoms with Crippen molar-refractivity contribution in [2.45, 2.75) is 33.2 Å². The number of ether oxygens (including phenoxy) is 2. The van der Waals surface area contributed by atoms with Gasteiger partial charge in [0.25, 0.3) is 5.91 Å². The highest BCUT2D eigenvalue weighted by molar-refractivity contribution is 6.01. The minimum absolute atomic E-state index is 0.248. The molecule has 1 heterocycles. The summed E-state index contributed by atoms with van der Waals surface area (Å²) < 4.78 is 10.9. The Hall–Kier alpha value is -2.86. The third-order valence-corrected chi connectivity index (χ3v) is 5.20. The van der Waals surface area contributed by atoms with E-state index < -0.39 is 0 Å². The van der Waals surface area contributed by atoms with Crippen LogP contribution in [0.15, 0.2) is 47.6 Å². The first-order valence-electron chi connectivity index (χ1n) is 10.2. The number of carbonyl (C=O) groups excluding carboxylic acids is 1. The van der Waals surface area contributed by atoms with E-state index in [1.807, 2.05) is 26.0 Å². The fourth-order valence-electron chi connectivity index (χ4n) is 3.60. The Morgan fingerprint density at radius 2 is 1.79 bits per heavy atom. The topological polar surface area (TPSA) is 64.4 Å². The quantitative estimate of drug-likeness (QED) is 0.532. The van der Waals surface area contributed by atoms with E-state index in [-0.39, 0.29) is 5.91 Å². The molecule has 1 fully saturated rings. The minimum atomic E-state index is -0.248. The molecular formula is C23H30N3O3+. The van der Waals surface area contributed by atoms with E-state index in [9.17, 15) is 4.79 Å². The van der Waals surface area contributed by atoms with E-state index in [1.165, 1.54) is 31.5 Å². The lowest BCUT2D eigenvalue weighted by Gasteiger charge is -2.15. The summed E-state index contributed by atoms with van der Waals surface area (Å²) in [5, 5.41) is 4.30. The summed E-state index contributed by atoms with van der Waals surface area (Å²) in [4.78, 5) is 13.9. The molecule has 2 N–H and O–H groups in total. The molecular weight excluding hydrogens is 366 g/mol. The van der Waals surface area contributed by atoms with Crippen LogP contribution in [-0.4, -0.2) is 38.4 Å². The molecule has 0 unspecified atom stereocenters. The van der Waals surface area contributed by atoms with Crippen LogP contribution in [0.1, 0.15) is 48.2 Å². The fourth-order valence-corrected chi connectivity index (χ4v) is 3.60. The van der Waals surface area contributed by atoms with Crippen LogP contribution in [0.25, 0.3) is 0 Å². The first kappa shape index (κ1) is 20.9. The van der Waals surface area contributed by atoms with E-state index in [0.717, 1.165) is 29.3 Å². The van der Waals surface area contributed by atoms with Gasteiger partial charge in [0.2, 0.25) is 0 Å². The lowest BCUT2D eigenvalue weighted by molar-refractivity contribution is -0.901. The van der Waals surface area contributed by atoms with Gasteiger partial charge in [-0.3, -0.25) is 4.79 Å². The summed E-state index contributed by atoms with van der Waals surface area (Å²) >= 11 is 0. The molecule has 1 aliphatic rings. The van der Waals surface area contributed by atoms with Gasteiger partial charge in [0.1, 0.15) is 18.0 Å². The summed E-state index contributed by atoms with van der Waals surface area (Å²) in [6.45, 7) is 7.78. The number of amides is 1. The van der Waals surface area contributed by atoms with Crippen LogP contribution in [0.2, 0.25) is 0 Å². The maximum absolute atomic E-state index is 12.4. The van der Waals surface area contributed by atoms with Crippen molar-refractivity contribution in [3.05, 3.63) is 59.2 Å². The predicted octanol–water partition coefficient (Wildman–Crippen LogP) is 2.43. The molecule has 0 aliphatic carbocycles. The maximum Gasteiger partial charge on any atom is 0.271 e. The number of likely N-dealkylation sites (tertiary alicyclic amines) is 1. The Morgan fingerprint density at radius 3 is 2.45 bits per heavy atom. The lowest BCUT2D eigenvalue weighted by atomic mass is 10.1. The van der Waals surface area contributed by atoms with Gasteiger partial charge in [-0.05, 0) is 61.9 Å². The minimum Gasteiger partial charge on any atom is -0.496 e. The number of hydrazone groups is 1. The molecule has 0 bridgehead atoms. The third kappa shape index (κ3) is 5.57. The molecule has 154 valence electrons. The second kappa shape index (κ2) is 10.1. The molecule has 0 atom stereocenters. The first-order valence-corrected chi connectivity index (χ1v) is 10.2. The largest absolute Gasteiger partial charge is 0.496 e. The number of methoxy groups -OCH3 is 1. The van der Waals surface area contributed by atoms with E-state index in [4.69, 9.17) is 9.47 Å². The zero-order valence-electron chi connectivity index (χ0n) is 17.5. The van der Waals surface area contributed by atoms with Crippen LogP contribution >= 0.6 is 0 Å². The van der Waals surface area contributed by atoms with Crippen molar-refractivity contribution < 1.29 is 19.2 Å². The van der Waals surface area contributed by atoms with Gasteiger partial charge >= 0.3 is 0 Å². The van der Waals surface area contributed by atoms with E-state index in [1.54, 1.807) is 36.3 Å². The Morgan fingerprint density at radius 1 is 1.10 bits per heavy atom. The summed E-state index contributed by atoms with van der Waals surface area (Å²) in [5.74, 6) is 1.40. The smallest absolute Gasteiger partial charge is 0.271 e. The molecule has 0 spiro atoms. The van der Waals surface area contributed by atoms with Crippen molar-refractivity contribution in [2.75, 3.05) is 26.8 Å². The molecule has 1 amide bonds. The molecule has 2 aromatic rings. The van der Waals surface area contributed by atoms with Gasteiger partial charge in [-0.25, -0.2) is 5.43 Å². The van der Waals surface area contributed by atoms with Gasteiger partial charge in [0, 0.05) is 24.0 Å².